The fourth-order valence-corrected chi connectivity index (χ4v) is 0.707. The monoisotopic (exact) mass is 155 g/mol. The van der Waals surface area contributed by atoms with Crippen LogP contribution >= 0.6 is 11.6 Å². The van der Waals surface area contributed by atoms with Gasteiger partial charge in [0, 0.05) is 12.3 Å². The molecule has 0 radical (unpaired) electrons. The van der Waals surface area contributed by atoms with Gasteiger partial charge in [-0.2, -0.15) is 4.39 Å². The molecule has 0 aromatic carbocycles. The molecule has 0 amide bonds. The second kappa shape index (κ2) is 2.68. The normalized spacial score (nSPS) is 8.90. The molecule has 1 heterocycles. The van der Waals surface area contributed by atoms with Crippen molar-refractivity contribution < 1.29 is 4.39 Å². The molecule has 0 aliphatic heterocycles. The van der Waals surface area contributed by atoms with Crippen LogP contribution in [0.25, 0.3) is 0 Å². The fourth-order valence-electron chi connectivity index (χ4n) is 0.514. The molecular formula is C7H3ClFN. The quantitative estimate of drug-likeness (QED) is 0.412. The summed E-state index contributed by atoms with van der Waals surface area (Å²) in [5, 5.41) is 0.218. The Morgan fingerprint density at radius 3 is 2.90 bits per heavy atom. The third-order valence-electron chi connectivity index (χ3n) is 0.976. The Hall–Kier alpha value is -1.07. The summed E-state index contributed by atoms with van der Waals surface area (Å²) < 4.78 is 12.2. The summed E-state index contributed by atoms with van der Waals surface area (Å²) in [6, 6.07) is 1.08. The van der Waals surface area contributed by atoms with Crippen molar-refractivity contribution in [2.75, 3.05) is 0 Å². The van der Waals surface area contributed by atoms with Gasteiger partial charge in [-0.05, 0) is 0 Å². The molecule has 0 fully saturated rings. The zero-order valence-electron chi connectivity index (χ0n) is 4.94. The van der Waals surface area contributed by atoms with Crippen LogP contribution in [-0.4, -0.2) is 4.98 Å². The summed E-state index contributed by atoms with van der Waals surface area (Å²) >= 11 is 5.51. The summed E-state index contributed by atoms with van der Waals surface area (Å²) in [5.74, 6) is 1.64. The topological polar surface area (TPSA) is 12.9 Å². The Labute approximate surface area is 62.8 Å². The second-order valence-electron chi connectivity index (χ2n) is 1.63. The zero-order chi connectivity index (χ0) is 7.56. The third kappa shape index (κ3) is 1.26. The van der Waals surface area contributed by atoms with Crippen molar-refractivity contribution in [2.45, 2.75) is 0 Å². The maximum atomic E-state index is 12.2. The number of hydrogen-bond acceptors (Lipinski definition) is 1. The van der Waals surface area contributed by atoms with Crippen LogP contribution in [0.15, 0.2) is 12.3 Å². The summed E-state index contributed by atoms with van der Waals surface area (Å²) in [5.41, 5.74) is 0.406. The molecule has 1 nitrogen and oxygen atoms in total. The Morgan fingerprint density at radius 2 is 2.40 bits per heavy atom. The standard InChI is InChI=1S/C7H3ClFN/c1-2-5-4-10-7(9)3-6(5)8/h1,3-4H. The Bertz CT molecular complexity index is 290. The van der Waals surface area contributed by atoms with Crippen molar-refractivity contribution in [2.24, 2.45) is 0 Å². The molecule has 0 aliphatic rings. The third-order valence-corrected chi connectivity index (χ3v) is 1.29. The van der Waals surface area contributed by atoms with Crippen LogP contribution in [0.1, 0.15) is 5.56 Å². The molecular weight excluding hydrogens is 153 g/mol. The number of halogens is 2. The van der Waals surface area contributed by atoms with E-state index in [2.05, 4.69) is 10.9 Å². The largest absolute Gasteiger partial charge is 0.227 e. The van der Waals surface area contributed by atoms with Gasteiger partial charge in [-0.1, -0.05) is 17.5 Å². The molecule has 0 spiro atoms. The molecule has 0 saturated carbocycles. The van der Waals surface area contributed by atoms with E-state index in [9.17, 15) is 4.39 Å². The van der Waals surface area contributed by atoms with Crippen molar-refractivity contribution >= 4 is 11.6 Å². The first-order chi connectivity index (χ1) is 4.74. The van der Waals surface area contributed by atoms with E-state index in [1.807, 2.05) is 0 Å². The highest BCUT2D eigenvalue weighted by Crippen LogP contribution is 2.13. The summed E-state index contributed by atoms with van der Waals surface area (Å²) in [4.78, 5) is 3.32. The van der Waals surface area contributed by atoms with Gasteiger partial charge in [-0.3, -0.25) is 0 Å². The molecule has 3 heteroatoms. The van der Waals surface area contributed by atoms with E-state index < -0.39 is 5.95 Å². The van der Waals surface area contributed by atoms with E-state index in [4.69, 9.17) is 18.0 Å². The Kier molecular flexibility index (Phi) is 1.88. The van der Waals surface area contributed by atoms with Gasteiger partial charge in [-0.25, -0.2) is 4.98 Å². The second-order valence-corrected chi connectivity index (χ2v) is 2.04. The van der Waals surface area contributed by atoms with E-state index in [1.165, 1.54) is 6.20 Å². The molecule has 0 unspecified atom stereocenters. The van der Waals surface area contributed by atoms with Crippen molar-refractivity contribution in [1.82, 2.24) is 4.98 Å². The smallest absolute Gasteiger partial charge is 0.214 e. The number of aromatic nitrogens is 1. The van der Waals surface area contributed by atoms with Crippen LogP contribution in [0.2, 0.25) is 5.02 Å². The molecule has 0 aliphatic carbocycles. The summed E-state index contributed by atoms with van der Waals surface area (Å²) in [6.45, 7) is 0. The van der Waals surface area contributed by atoms with E-state index in [-0.39, 0.29) is 5.02 Å². The zero-order valence-corrected chi connectivity index (χ0v) is 5.69. The van der Waals surface area contributed by atoms with Crippen LogP contribution in [0.3, 0.4) is 0 Å². The number of nitrogens with zero attached hydrogens (tertiary/aromatic N) is 1. The Morgan fingerprint density at radius 1 is 1.70 bits per heavy atom. The van der Waals surface area contributed by atoms with E-state index >= 15 is 0 Å². The first-order valence-electron chi connectivity index (χ1n) is 2.51. The molecule has 1 aromatic rings. The minimum absolute atomic E-state index is 0.218. The van der Waals surface area contributed by atoms with Crippen molar-refractivity contribution in [1.29, 1.82) is 0 Å². The van der Waals surface area contributed by atoms with Gasteiger partial charge < -0.3 is 0 Å². The molecule has 0 atom stereocenters. The SMILES string of the molecule is C#Cc1cnc(F)cc1Cl. The Balaban J connectivity index is 3.23. The molecule has 0 saturated heterocycles. The van der Waals surface area contributed by atoms with Gasteiger partial charge in [0.1, 0.15) is 0 Å². The summed E-state index contributed by atoms with van der Waals surface area (Å²) in [7, 11) is 0. The van der Waals surface area contributed by atoms with Gasteiger partial charge in [-0.15, -0.1) is 6.42 Å². The minimum atomic E-state index is -0.621. The highest BCUT2D eigenvalue weighted by atomic mass is 35.5. The first kappa shape index (κ1) is 7.04. The number of hydrogen-bond donors (Lipinski definition) is 0. The number of terminal acetylenes is 1. The van der Waals surface area contributed by atoms with E-state index in [0.717, 1.165) is 6.07 Å². The fraction of sp³-hybridized carbons (Fsp3) is 0. The van der Waals surface area contributed by atoms with Crippen LogP contribution in [0.4, 0.5) is 4.39 Å². The van der Waals surface area contributed by atoms with Crippen LogP contribution < -0.4 is 0 Å². The van der Waals surface area contributed by atoms with Gasteiger partial charge in [0.25, 0.3) is 0 Å². The van der Waals surface area contributed by atoms with Gasteiger partial charge in [0.2, 0.25) is 5.95 Å². The number of pyridine rings is 1. The molecule has 0 bridgehead atoms. The van der Waals surface area contributed by atoms with E-state index in [0.29, 0.717) is 5.56 Å². The van der Waals surface area contributed by atoms with Crippen LogP contribution in [-0.2, 0) is 0 Å². The van der Waals surface area contributed by atoms with Crippen molar-refractivity contribution in [3.8, 4) is 12.3 Å². The van der Waals surface area contributed by atoms with Gasteiger partial charge >= 0.3 is 0 Å². The minimum Gasteiger partial charge on any atom is -0.227 e. The van der Waals surface area contributed by atoms with Gasteiger partial charge in [0.15, 0.2) is 0 Å². The maximum Gasteiger partial charge on any atom is 0.214 e. The highest BCUT2D eigenvalue weighted by Gasteiger charge is 1.98. The molecule has 50 valence electrons. The lowest BCUT2D eigenvalue weighted by atomic mass is 10.3. The summed E-state index contributed by atoms with van der Waals surface area (Å²) in [6.07, 6.45) is 6.22. The highest BCUT2D eigenvalue weighted by molar-refractivity contribution is 6.31. The van der Waals surface area contributed by atoms with E-state index in [1.54, 1.807) is 0 Å². The average molecular weight is 156 g/mol. The molecule has 0 N–H and O–H groups in total. The molecule has 1 aromatic heterocycles. The average Bonchev–Trinajstić information content (AvgIpc) is 1.88. The molecule has 1 rings (SSSR count). The lowest BCUT2D eigenvalue weighted by Gasteiger charge is -1.92. The lowest BCUT2D eigenvalue weighted by molar-refractivity contribution is 0.583. The number of rotatable bonds is 0. The van der Waals surface area contributed by atoms with Crippen molar-refractivity contribution in [3.05, 3.63) is 28.8 Å². The van der Waals surface area contributed by atoms with Crippen LogP contribution in [0.5, 0.6) is 0 Å². The predicted octanol–water partition coefficient (Wildman–Crippen LogP) is 1.86. The first-order valence-corrected chi connectivity index (χ1v) is 2.89. The predicted molar refractivity (Wildman–Crippen MR) is 37.1 cm³/mol. The van der Waals surface area contributed by atoms with Crippen molar-refractivity contribution in [3.63, 3.8) is 0 Å². The van der Waals surface area contributed by atoms with Gasteiger partial charge in [0.05, 0.1) is 10.6 Å². The lowest BCUT2D eigenvalue weighted by Crippen LogP contribution is -1.84. The molecule has 10 heavy (non-hydrogen) atoms. The maximum absolute atomic E-state index is 12.2. The van der Waals surface area contributed by atoms with Crippen LogP contribution in [0, 0.1) is 18.3 Å².